The van der Waals surface area contributed by atoms with Crippen LogP contribution in [-0.2, 0) is 14.3 Å². The van der Waals surface area contributed by atoms with Gasteiger partial charge in [0, 0.05) is 0 Å². The van der Waals surface area contributed by atoms with Crippen LogP contribution in [0.2, 0.25) is 0 Å². The number of esters is 2. The molecule has 2 aromatic rings. The molecule has 7 heteroatoms. The third kappa shape index (κ3) is 5.31. The highest BCUT2D eigenvalue weighted by atomic mass is 16.5. The average Bonchev–Trinajstić information content (AvgIpc) is 2.67. The van der Waals surface area contributed by atoms with Crippen molar-refractivity contribution >= 4 is 23.5 Å². The number of aryl methyl sites for hydroxylation is 1. The lowest BCUT2D eigenvalue weighted by Gasteiger charge is -2.11. The van der Waals surface area contributed by atoms with Crippen LogP contribution in [-0.4, -0.2) is 38.2 Å². The van der Waals surface area contributed by atoms with E-state index in [1.165, 1.54) is 13.2 Å². The lowest BCUT2D eigenvalue weighted by atomic mass is 10.1. The Kier molecular flexibility index (Phi) is 6.93. The molecule has 142 valence electrons. The van der Waals surface area contributed by atoms with Crippen molar-refractivity contribution in [1.29, 1.82) is 0 Å². The predicted molar refractivity (Wildman–Crippen MR) is 99.0 cm³/mol. The van der Waals surface area contributed by atoms with Crippen LogP contribution in [0.4, 0.5) is 5.69 Å². The molecule has 0 aliphatic heterocycles. The van der Waals surface area contributed by atoms with Gasteiger partial charge in [0.15, 0.2) is 6.61 Å². The first-order chi connectivity index (χ1) is 13.0. The number of benzene rings is 2. The fourth-order valence-corrected chi connectivity index (χ4v) is 2.33. The third-order valence-corrected chi connectivity index (χ3v) is 3.67. The quantitative estimate of drug-likeness (QED) is 0.753. The van der Waals surface area contributed by atoms with Crippen molar-refractivity contribution in [3.8, 4) is 5.75 Å². The summed E-state index contributed by atoms with van der Waals surface area (Å²) in [5.41, 5.74) is 1.66. The van der Waals surface area contributed by atoms with E-state index in [4.69, 9.17) is 14.2 Å². The molecule has 1 N–H and O–H groups in total. The van der Waals surface area contributed by atoms with E-state index in [9.17, 15) is 14.4 Å². The van der Waals surface area contributed by atoms with Gasteiger partial charge in [-0.1, -0.05) is 18.2 Å². The second-order valence-electron chi connectivity index (χ2n) is 5.57. The number of hydrogen-bond donors (Lipinski definition) is 1. The first-order valence-corrected chi connectivity index (χ1v) is 8.34. The number of hydrogen-bond acceptors (Lipinski definition) is 6. The van der Waals surface area contributed by atoms with Gasteiger partial charge < -0.3 is 19.5 Å². The van der Waals surface area contributed by atoms with Gasteiger partial charge >= 0.3 is 11.9 Å². The van der Waals surface area contributed by atoms with E-state index in [0.717, 1.165) is 5.56 Å². The minimum Gasteiger partial charge on any atom is -0.496 e. The maximum atomic E-state index is 12.1. The molecule has 0 unspecified atom stereocenters. The molecule has 27 heavy (non-hydrogen) atoms. The standard InChI is InChI=1S/C20H21NO6/c1-4-26-20(24)15-7-5-6-8-16(15)21-18(22)12-27-19(23)14-10-9-13(2)17(11-14)25-3/h5-11H,4,12H2,1-3H3,(H,21,22). The molecule has 0 spiro atoms. The molecule has 2 aromatic carbocycles. The van der Waals surface area contributed by atoms with E-state index in [0.29, 0.717) is 5.75 Å². The Morgan fingerprint density at radius 2 is 1.74 bits per heavy atom. The minimum absolute atomic E-state index is 0.221. The van der Waals surface area contributed by atoms with E-state index in [2.05, 4.69) is 5.32 Å². The second kappa shape index (κ2) is 9.38. The van der Waals surface area contributed by atoms with E-state index in [-0.39, 0.29) is 23.4 Å². The summed E-state index contributed by atoms with van der Waals surface area (Å²) in [7, 11) is 1.51. The fourth-order valence-electron chi connectivity index (χ4n) is 2.33. The molecule has 1 amide bonds. The van der Waals surface area contributed by atoms with Crippen LogP contribution in [0, 0.1) is 6.92 Å². The second-order valence-corrected chi connectivity index (χ2v) is 5.57. The Morgan fingerprint density at radius 1 is 1.00 bits per heavy atom. The van der Waals surface area contributed by atoms with E-state index >= 15 is 0 Å². The van der Waals surface area contributed by atoms with Crippen molar-refractivity contribution in [3.05, 3.63) is 59.2 Å². The smallest absolute Gasteiger partial charge is 0.340 e. The molecule has 0 atom stereocenters. The molecule has 7 nitrogen and oxygen atoms in total. The third-order valence-electron chi connectivity index (χ3n) is 3.67. The van der Waals surface area contributed by atoms with Gasteiger partial charge in [0.25, 0.3) is 5.91 Å². The van der Waals surface area contributed by atoms with Crippen molar-refractivity contribution in [3.63, 3.8) is 0 Å². The molecule has 2 rings (SSSR count). The first-order valence-electron chi connectivity index (χ1n) is 8.34. The van der Waals surface area contributed by atoms with Crippen LogP contribution in [0.15, 0.2) is 42.5 Å². The van der Waals surface area contributed by atoms with Gasteiger partial charge in [0.2, 0.25) is 0 Å². The van der Waals surface area contributed by atoms with E-state index < -0.39 is 24.5 Å². The average molecular weight is 371 g/mol. The van der Waals surface area contributed by atoms with Crippen molar-refractivity contribution in [2.45, 2.75) is 13.8 Å². The summed E-state index contributed by atoms with van der Waals surface area (Å²) in [6, 6.07) is 11.3. The van der Waals surface area contributed by atoms with Gasteiger partial charge in [-0.2, -0.15) is 0 Å². The predicted octanol–water partition coefficient (Wildman–Crippen LogP) is 2.98. The van der Waals surface area contributed by atoms with Gasteiger partial charge in [-0.25, -0.2) is 9.59 Å². The van der Waals surface area contributed by atoms with Gasteiger partial charge in [0.05, 0.1) is 30.5 Å². The molecule has 0 fully saturated rings. The molecule has 0 aromatic heterocycles. The van der Waals surface area contributed by atoms with Crippen molar-refractivity contribution in [2.75, 3.05) is 25.6 Å². The molecular weight excluding hydrogens is 350 g/mol. The van der Waals surface area contributed by atoms with Crippen LogP contribution in [0.25, 0.3) is 0 Å². The van der Waals surface area contributed by atoms with E-state index in [1.54, 1.807) is 43.3 Å². The number of ether oxygens (including phenoxy) is 3. The number of methoxy groups -OCH3 is 1. The zero-order chi connectivity index (χ0) is 19.8. The summed E-state index contributed by atoms with van der Waals surface area (Å²) in [5.74, 6) is -1.21. The molecule has 0 radical (unpaired) electrons. The van der Waals surface area contributed by atoms with Gasteiger partial charge in [0.1, 0.15) is 5.75 Å². The normalized spacial score (nSPS) is 10.0. The molecule has 0 bridgehead atoms. The van der Waals surface area contributed by atoms with Crippen LogP contribution in [0.5, 0.6) is 5.75 Å². The zero-order valence-corrected chi connectivity index (χ0v) is 15.4. The monoisotopic (exact) mass is 371 g/mol. The Balaban J connectivity index is 1.99. The summed E-state index contributed by atoms with van der Waals surface area (Å²) in [4.78, 5) is 36.1. The van der Waals surface area contributed by atoms with Crippen molar-refractivity contribution < 1.29 is 28.6 Å². The number of amides is 1. The number of para-hydroxylation sites is 1. The number of carbonyl (C=O) groups is 3. The van der Waals surface area contributed by atoms with Crippen molar-refractivity contribution in [2.24, 2.45) is 0 Å². The topological polar surface area (TPSA) is 90.9 Å². The highest BCUT2D eigenvalue weighted by Crippen LogP contribution is 2.20. The summed E-state index contributed by atoms with van der Waals surface area (Å²) in [6.07, 6.45) is 0. The van der Waals surface area contributed by atoms with Crippen LogP contribution in [0.1, 0.15) is 33.2 Å². The summed E-state index contributed by atoms with van der Waals surface area (Å²) < 4.78 is 15.1. The Morgan fingerprint density at radius 3 is 2.44 bits per heavy atom. The molecule has 0 heterocycles. The minimum atomic E-state index is -0.651. The summed E-state index contributed by atoms with van der Waals surface area (Å²) in [6.45, 7) is 3.27. The number of anilines is 1. The molecule has 0 saturated carbocycles. The number of rotatable bonds is 7. The highest BCUT2D eigenvalue weighted by molar-refractivity contribution is 6.02. The van der Waals surface area contributed by atoms with Gasteiger partial charge in [-0.05, 0) is 43.7 Å². The van der Waals surface area contributed by atoms with E-state index in [1.807, 2.05) is 6.92 Å². The lowest BCUT2D eigenvalue weighted by molar-refractivity contribution is -0.119. The Hall–Kier alpha value is -3.35. The first kappa shape index (κ1) is 20.0. The number of nitrogens with one attached hydrogen (secondary N) is 1. The molecular formula is C20H21NO6. The zero-order valence-electron chi connectivity index (χ0n) is 15.4. The molecule has 0 aliphatic carbocycles. The summed E-state index contributed by atoms with van der Waals surface area (Å²) in [5, 5.41) is 2.55. The van der Waals surface area contributed by atoms with Gasteiger partial charge in [-0.15, -0.1) is 0 Å². The molecule has 0 saturated heterocycles. The summed E-state index contributed by atoms with van der Waals surface area (Å²) >= 11 is 0. The Bertz CT molecular complexity index is 846. The van der Waals surface area contributed by atoms with Crippen LogP contribution < -0.4 is 10.1 Å². The Labute approximate surface area is 157 Å². The maximum Gasteiger partial charge on any atom is 0.340 e. The van der Waals surface area contributed by atoms with Gasteiger partial charge in [-0.3, -0.25) is 4.79 Å². The maximum absolute atomic E-state index is 12.1. The van der Waals surface area contributed by atoms with Crippen LogP contribution >= 0.6 is 0 Å². The lowest BCUT2D eigenvalue weighted by Crippen LogP contribution is -2.22. The highest BCUT2D eigenvalue weighted by Gasteiger charge is 2.16. The molecule has 0 aliphatic rings. The van der Waals surface area contributed by atoms with Crippen LogP contribution in [0.3, 0.4) is 0 Å². The SMILES string of the molecule is CCOC(=O)c1ccccc1NC(=O)COC(=O)c1ccc(C)c(OC)c1. The fraction of sp³-hybridized carbons (Fsp3) is 0.250. The number of carbonyl (C=O) groups excluding carboxylic acids is 3. The van der Waals surface area contributed by atoms with Crippen molar-refractivity contribution in [1.82, 2.24) is 0 Å². The largest absolute Gasteiger partial charge is 0.496 e.